The number of carbonyl (C=O) groups is 1. The SMILES string of the molecule is Cc1ccc(-n2nc(C(=O)NC3CCC(N)CC3)c3c2CCC3)c(C)c1. The minimum absolute atomic E-state index is 0.0212. The highest BCUT2D eigenvalue weighted by Crippen LogP contribution is 2.29. The number of amides is 1. The Morgan fingerprint density at radius 2 is 1.96 bits per heavy atom. The molecule has 0 bridgehead atoms. The summed E-state index contributed by atoms with van der Waals surface area (Å²) < 4.78 is 2.00. The van der Waals surface area contributed by atoms with Gasteiger partial charge in [-0.05, 0) is 70.4 Å². The van der Waals surface area contributed by atoms with E-state index in [1.54, 1.807) is 0 Å². The van der Waals surface area contributed by atoms with E-state index in [-0.39, 0.29) is 18.0 Å². The molecule has 1 aromatic heterocycles. The lowest BCUT2D eigenvalue weighted by atomic mass is 9.92. The fourth-order valence-corrected chi connectivity index (χ4v) is 4.38. The first-order valence-electron chi connectivity index (χ1n) is 9.78. The number of aromatic nitrogens is 2. The molecule has 1 amide bonds. The van der Waals surface area contributed by atoms with Gasteiger partial charge in [0, 0.05) is 23.3 Å². The summed E-state index contributed by atoms with van der Waals surface area (Å²) in [5.74, 6) is -0.0212. The highest BCUT2D eigenvalue weighted by atomic mass is 16.2. The molecule has 0 atom stereocenters. The highest BCUT2D eigenvalue weighted by molar-refractivity contribution is 5.94. The van der Waals surface area contributed by atoms with E-state index in [2.05, 4.69) is 37.4 Å². The van der Waals surface area contributed by atoms with Crippen LogP contribution in [0, 0.1) is 13.8 Å². The fourth-order valence-electron chi connectivity index (χ4n) is 4.38. The van der Waals surface area contributed by atoms with Gasteiger partial charge in [-0.25, -0.2) is 4.68 Å². The van der Waals surface area contributed by atoms with E-state index >= 15 is 0 Å². The zero-order chi connectivity index (χ0) is 18.3. The molecule has 1 aromatic carbocycles. The Bertz CT molecular complexity index is 831. The van der Waals surface area contributed by atoms with Gasteiger partial charge in [-0.1, -0.05) is 17.7 Å². The van der Waals surface area contributed by atoms with Gasteiger partial charge in [-0.3, -0.25) is 4.79 Å². The Kier molecular flexibility index (Phi) is 4.57. The Morgan fingerprint density at radius 3 is 2.69 bits per heavy atom. The Balaban J connectivity index is 1.62. The lowest BCUT2D eigenvalue weighted by Crippen LogP contribution is -2.40. The summed E-state index contributed by atoms with van der Waals surface area (Å²) in [6.45, 7) is 4.20. The highest BCUT2D eigenvalue weighted by Gasteiger charge is 2.29. The second-order valence-electron chi connectivity index (χ2n) is 7.91. The minimum atomic E-state index is -0.0212. The van der Waals surface area contributed by atoms with Crippen LogP contribution in [-0.4, -0.2) is 27.8 Å². The molecule has 5 nitrogen and oxygen atoms in total. The van der Waals surface area contributed by atoms with Crippen molar-refractivity contribution in [2.75, 3.05) is 0 Å². The van der Waals surface area contributed by atoms with Crippen molar-refractivity contribution in [3.05, 3.63) is 46.3 Å². The van der Waals surface area contributed by atoms with E-state index in [0.29, 0.717) is 5.69 Å². The molecule has 2 aliphatic rings. The number of hydrogen-bond donors (Lipinski definition) is 2. The smallest absolute Gasteiger partial charge is 0.272 e. The molecule has 3 N–H and O–H groups in total. The van der Waals surface area contributed by atoms with Crippen LogP contribution in [0.5, 0.6) is 0 Å². The van der Waals surface area contributed by atoms with Crippen LogP contribution in [0.15, 0.2) is 18.2 Å². The van der Waals surface area contributed by atoms with Crippen molar-refractivity contribution in [2.24, 2.45) is 5.73 Å². The zero-order valence-electron chi connectivity index (χ0n) is 15.7. The van der Waals surface area contributed by atoms with Crippen molar-refractivity contribution in [3.8, 4) is 5.69 Å². The third kappa shape index (κ3) is 3.16. The van der Waals surface area contributed by atoms with E-state index in [9.17, 15) is 4.79 Å². The molecule has 138 valence electrons. The summed E-state index contributed by atoms with van der Waals surface area (Å²) in [6, 6.07) is 6.90. The number of aryl methyl sites for hydroxylation is 2. The van der Waals surface area contributed by atoms with Gasteiger partial charge in [0.25, 0.3) is 5.91 Å². The zero-order valence-corrected chi connectivity index (χ0v) is 15.7. The van der Waals surface area contributed by atoms with Crippen molar-refractivity contribution in [3.63, 3.8) is 0 Å². The van der Waals surface area contributed by atoms with Crippen LogP contribution in [0.25, 0.3) is 5.69 Å². The van der Waals surface area contributed by atoms with Gasteiger partial charge in [0.1, 0.15) is 0 Å². The van der Waals surface area contributed by atoms with Gasteiger partial charge in [0.05, 0.1) is 5.69 Å². The molecule has 1 saturated carbocycles. The van der Waals surface area contributed by atoms with Crippen LogP contribution in [0.2, 0.25) is 0 Å². The first-order valence-corrected chi connectivity index (χ1v) is 9.78. The van der Waals surface area contributed by atoms with Crippen LogP contribution in [0.4, 0.5) is 0 Å². The molecule has 5 heteroatoms. The predicted molar refractivity (Wildman–Crippen MR) is 103 cm³/mol. The number of hydrogen-bond acceptors (Lipinski definition) is 3. The standard InChI is InChI=1S/C21H28N4O/c1-13-6-11-18(14(2)12-13)25-19-5-3-4-17(19)20(24-25)21(26)23-16-9-7-15(22)8-10-16/h6,11-12,15-16H,3-5,7-10,22H2,1-2H3,(H,23,26). The molecule has 0 spiro atoms. The van der Waals surface area contributed by atoms with Crippen LogP contribution < -0.4 is 11.1 Å². The summed E-state index contributed by atoms with van der Waals surface area (Å²) in [4.78, 5) is 12.9. The summed E-state index contributed by atoms with van der Waals surface area (Å²) in [7, 11) is 0. The number of nitrogens with one attached hydrogen (secondary N) is 1. The summed E-state index contributed by atoms with van der Waals surface area (Å²) in [5.41, 5.74) is 12.4. The molecule has 0 saturated heterocycles. The van der Waals surface area contributed by atoms with Crippen molar-refractivity contribution in [1.82, 2.24) is 15.1 Å². The summed E-state index contributed by atoms with van der Waals surface area (Å²) in [5, 5.41) is 7.96. The normalized spacial score (nSPS) is 22.3. The topological polar surface area (TPSA) is 72.9 Å². The van der Waals surface area contributed by atoms with Crippen LogP contribution in [0.1, 0.15) is 65.0 Å². The first kappa shape index (κ1) is 17.3. The molecule has 2 aliphatic carbocycles. The molecular formula is C21H28N4O. The Morgan fingerprint density at radius 1 is 1.19 bits per heavy atom. The number of rotatable bonds is 3. The van der Waals surface area contributed by atoms with Gasteiger partial charge < -0.3 is 11.1 Å². The van der Waals surface area contributed by atoms with Gasteiger partial charge >= 0.3 is 0 Å². The van der Waals surface area contributed by atoms with E-state index in [4.69, 9.17) is 10.8 Å². The lowest BCUT2D eigenvalue weighted by Gasteiger charge is -2.26. The quantitative estimate of drug-likeness (QED) is 0.892. The van der Waals surface area contributed by atoms with E-state index in [0.717, 1.165) is 56.2 Å². The van der Waals surface area contributed by atoms with Crippen molar-refractivity contribution >= 4 is 5.91 Å². The molecule has 2 aromatic rings. The summed E-state index contributed by atoms with van der Waals surface area (Å²) in [6.07, 6.45) is 6.93. The number of carbonyl (C=O) groups excluding carboxylic acids is 1. The molecule has 1 fully saturated rings. The monoisotopic (exact) mass is 352 g/mol. The van der Waals surface area contributed by atoms with Gasteiger partial charge in [-0.15, -0.1) is 0 Å². The fraction of sp³-hybridized carbons (Fsp3) is 0.524. The second-order valence-corrected chi connectivity index (χ2v) is 7.91. The molecule has 0 radical (unpaired) electrons. The van der Waals surface area contributed by atoms with Crippen molar-refractivity contribution in [2.45, 2.75) is 70.9 Å². The molecular weight excluding hydrogens is 324 g/mol. The van der Waals surface area contributed by atoms with Crippen molar-refractivity contribution < 1.29 is 4.79 Å². The Hall–Kier alpha value is -2.14. The van der Waals surface area contributed by atoms with Crippen LogP contribution >= 0.6 is 0 Å². The molecule has 0 unspecified atom stereocenters. The van der Waals surface area contributed by atoms with E-state index < -0.39 is 0 Å². The van der Waals surface area contributed by atoms with E-state index in [1.165, 1.54) is 16.8 Å². The third-order valence-corrected chi connectivity index (χ3v) is 5.83. The lowest BCUT2D eigenvalue weighted by molar-refractivity contribution is 0.0919. The van der Waals surface area contributed by atoms with E-state index in [1.807, 2.05) is 4.68 Å². The maximum absolute atomic E-state index is 12.9. The molecule has 0 aliphatic heterocycles. The molecule has 4 rings (SSSR count). The first-order chi connectivity index (χ1) is 12.5. The average molecular weight is 352 g/mol. The average Bonchev–Trinajstić information content (AvgIpc) is 3.20. The molecule has 26 heavy (non-hydrogen) atoms. The van der Waals surface area contributed by atoms with Crippen LogP contribution in [-0.2, 0) is 12.8 Å². The number of benzene rings is 1. The predicted octanol–water partition coefficient (Wildman–Crippen LogP) is 2.98. The summed E-state index contributed by atoms with van der Waals surface area (Å²) >= 11 is 0. The Labute approximate surface area is 155 Å². The largest absolute Gasteiger partial charge is 0.348 e. The maximum Gasteiger partial charge on any atom is 0.272 e. The number of nitrogens with two attached hydrogens (primary N) is 1. The second kappa shape index (κ2) is 6.88. The third-order valence-electron chi connectivity index (χ3n) is 5.83. The maximum atomic E-state index is 12.9. The van der Waals surface area contributed by atoms with Crippen molar-refractivity contribution in [1.29, 1.82) is 0 Å². The van der Waals surface area contributed by atoms with Gasteiger partial charge in [0.2, 0.25) is 0 Å². The number of nitrogens with zero attached hydrogens (tertiary/aromatic N) is 2. The number of fused-ring (bicyclic) bond motifs is 1. The van der Waals surface area contributed by atoms with Crippen LogP contribution in [0.3, 0.4) is 0 Å². The minimum Gasteiger partial charge on any atom is -0.348 e. The molecule has 1 heterocycles. The van der Waals surface area contributed by atoms with Gasteiger partial charge in [-0.2, -0.15) is 5.10 Å². The van der Waals surface area contributed by atoms with Gasteiger partial charge in [0.15, 0.2) is 5.69 Å².